The van der Waals surface area contributed by atoms with Gasteiger partial charge < -0.3 is 9.84 Å². The molecule has 0 aliphatic heterocycles. The Morgan fingerprint density at radius 3 is 2.46 bits per heavy atom. The molecule has 5 heteroatoms. The van der Waals surface area contributed by atoms with Crippen molar-refractivity contribution in [3.63, 3.8) is 0 Å². The molecule has 5 nitrogen and oxygen atoms in total. The van der Waals surface area contributed by atoms with Gasteiger partial charge in [0.2, 0.25) is 0 Å². The number of aromatic nitrogens is 3. The van der Waals surface area contributed by atoms with Crippen LogP contribution in [0.1, 0.15) is 0 Å². The summed E-state index contributed by atoms with van der Waals surface area (Å²) < 4.78 is 7.18. The van der Waals surface area contributed by atoms with Crippen LogP contribution < -0.4 is 4.74 Å². The van der Waals surface area contributed by atoms with Gasteiger partial charge in [0.05, 0.1) is 24.6 Å². The van der Waals surface area contributed by atoms with Crippen LogP contribution in [0.15, 0.2) is 67.0 Å². The zero-order chi connectivity index (χ0) is 16.5. The number of phenols is 1. The first kappa shape index (κ1) is 14.3. The Balaban J connectivity index is 1.97. The number of phenolic OH excluding ortho intramolecular Hbond substituents is 1. The molecule has 0 aliphatic carbocycles. The third-order valence-electron chi connectivity index (χ3n) is 3.98. The minimum absolute atomic E-state index is 0.208. The molecule has 2 aromatic heterocycles. The van der Waals surface area contributed by atoms with E-state index in [9.17, 15) is 5.11 Å². The molecule has 0 radical (unpaired) electrons. The van der Waals surface area contributed by atoms with Crippen molar-refractivity contribution in [1.29, 1.82) is 0 Å². The smallest absolute Gasteiger partial charge is 0.163 e. The highest BCUT2D eigenvalue weighted by atomic mass is 16.5. The lowest BCUT2D eigenvalue weighted by Crippen LogP contribution is -1.96. The van der Waals surface area contributed by atoms with E-state index in [1.165, 1.54) is 0 Å². The summed E-state index contributed by atoms with van der Waals surface area (Å²) >= 11 is 0. The number of nitrogens with zero attached hydrogens (tertiary/aromatic N) is 3. The highest BCUT2D eigenvalue weighted by Gasteiger charge is 2.15. The van der Waals surface area contributed by atoms with Crippen molar-refractivity contribution < 1.29 is 9.84 Å². The Kier molecular flexibility index (Phi) is 3.39. The molecular weight excluding hydrogens is 302 g/mol. The van der Waals surface area contributed by atoms with E-state index in [0.717, 1.165) is 22.6 Å². The quantitative estimate of drug-likeness (QED) is 0.625. The number of para-hydroxylation sites is 2. The zero-order valence-corrected chi connectivity index (χ0v) is 13.0. The molecule has 2 heterocycles. The number of ether oxygens (including phenoxy) is 1. The zero-order valence-electron chi connectivity index (χ0n) is 13.0. The third-order valence-corrected chi connectivity index (χ3v) is 3.98. The molecule has 0 spiro atoms. The van der Waals surface area contributed by atoms with Crippen molar-refractivity contribution in [2.45, 2.75) is 0 Å². The molecule has 0 bridgehead atoms. The lowest BCUT2D eigenvalue weighted by atomic mass is 10.1. The van der Waals surface area contributed by atoms with E-state index < -0.39 is 0 Å². The predicted molar refractivity (Wildman–Crippen MR) is 92.1 cm³/mol. The lowest BCUT2D eigenvalue weighted by molar-refractivity contribution is 0.416. The molecular formula is C19H15N3O2. The van der Waals surface area contributed by atoms with Crippen LogP contribution >= 0.6 is 0 Å². The molecule has 118 valence electrons. The second kappa shape index (κ2) is 5.70. The van der Waals surface area contributed by atoms with Crippen molar-refractivity contribution in [3.05, 3.63) is 67.0 Å². The molecule has 0 saturated carbocycles. The van der Waals surface area contributed by atoms with Crippen LogP contribution in [0.5, 0.6) is 11.5 Å². The molecule has 0 unspecified atom stereocenters. The first-order valence-electron chi connectivity index (χ1n) is 7.54. The Labute approximate surface area is 138 Å². The molecule has 0 aliphatic rings. The number of hydrogen-bond acceptors (Lipinski definition) is 4. The van der Waals surface area contributed by atoms with E-state index in [1.54, 1.807) is 36.2 Å². The largest absolute Gasteiger partial charge is 0.507 e. The summed E-state index contributed by atoms with van der Waals surface area (Å²) in [6.07, 6.45) is 3.49. The third kappa shape index (κ3) is 2.18. The molecule has 4 aromatic rings. The summed E-state index contributed by atoms with van der Waals surface area (Å²) in [5, 5.41) is 14.6. The standard InChI is InChI=1S/C19H15N3O2/c1-24-18-9-5-3-6-13(18)15-12-21-22-16(10-11-20-19(15)22)14-7-2-4-8-17(14)23/h2-12,23H,1H3. The average Bonchev–Trinajstić information content (AvgIpc) is 3.06. The van der Waals surface area contributed by atoms with Crippen molar-refractivity contribution in [3.8, 4) is 33.9 Å². The summed E-state index contributed by atoms with van der Waals surface area (Å²) in [5.74, 6) is 0.974. The fourth-order valence-electron chi connectivity index (χ4n) is 2.84. The number of benzene rings is 2. The Morgan fingerprint density at radius 2 is 1.67 bits per heavy atom. The minimum atomic E-state index is 0.208. The molecule has 0 saturated heterocycles. The number of aromatic hydroxyl groups is 1. The summed E-state index contributed by atoms with van der Waals surface area (Å²) in [5.41, 5.74) is 4.00. The van der Waals surface area contributed by atoms with Crippen molar-refractivity contribution in [2.75, 3.05) is 7.11 Å². The summed E-state index contributed by atoms with van der Waals surface area (Å²) in [6.45, 7) is 0. The van der Waals surface area contributed by atoms with Gasteiger partial charge in [0.1, 0.15) is 11.5 Å². The maximum atomic E-state index is 10.1. The molecule has 2 aromatic carbocycles. The monoisotopic (exact) mass is 317 g/mol. The van der Waals surface area contributed by atoms with Crippen molar-refractivity contribution in [1.82, 2.24) is 14.6 Å². The highest BCUT2D eigenvalue weighted by molar-refractivity contribution is 5.82. The predicted octanol–water partition coefficient (Wildman–Crippen LogP) is 3.78. The van der Waals surface area contributed by atoms with E-state index in [2.05, 4.69) is 10.1 Å². The second-order valence-electron chi connectivity index (χ2n) is 5.34. The van der Waals surface area contributed by atoms with Crippen LogP contribution in [0.4, 0.5) is 0 Å². The van der Waals surface area contributed by atoms with Crippen molar-refractivity contribution >= 4 is 5.65 Å². The molecule has 0 fully saturated rings. The first-order valence-corrected chi connectivity index (χ1v) is 7.54. The van der Waals surface area contributed by atoms with E-state index in [1.807, 2.05) is 42.5 Å². The molecule has 4 rings (SSSR count). The van der Waals surface area contributed by atoms with Gasteiger partial charge in [0.15, 0.2) is 5.65 Å². The van der Waals surface area contributed by atoms with Crippen molar-refractivity contribution in [2.24, 2.45) is 0 Å². The lowest BCUT2D eigenvalue weighted by Gasteiger charge is -2.08. The van der Waals surface area contributed by atoms with Crippen LogP contribution in [0.2, 0.25) is 0 Å². The van der Waals surface area contributed by atoms with Gasteiger partial charge in [-0.25, -0.2) is 9.50 Å². The summed E-state index contributed by atoms with van der Waals surface area (Å²) in [4.78, 5) is 4.47. The average molecular weight is 317 g/mol. The second-order valence-corrected chi connectivity index (χ2v) is 5.34. The van der Waals surface area contributed by atoms with Gasteiger partial charge in [-0.05, 0) is 24.3 Å². The number of rotatable bonds is 3. The summed E-state index contributed by atoms with van der Waals surface area (Å²) in [7, 11) is 1.64. The minimum Gasteiger partial charge on any atom is -0.507 e. The maximum absolute atomic E-state index is 10.1. The topological polar surface area (TPSA) is 59.7 Å². The maximum Gasteiger partial charge on any atom is 0.163 e. The number of fused-ring (bicyclic) bond motifs is 1. The molecule has 0 atom stereocenters. The molecule has 1 N–H and O–H groups in total. The van der Waals surface area contributed by atoms with E-state index in [-0.39, 0.29) is 5.75 Å². The van der Waals surface area contributed by atoms with Gasteiger partial charge in [0, 0.05) is 17.3 Å². The van der Waals surface area contributed by atoms with E-state index >= 15 is 0 Å². The van der Waals surface area contributed by atoms with Crippen LogP contribution in [-0.4, -0.2) is 26.8 Å². The fraction of sp³-hybridized carbons (Fsp3) is 0.0526. The van der Waals surface area contributed by atoms with E-state index in [4.69, 9.17) is 4.74 Å². The van der Waals surface area contributed by atoms with Gasteiger partial charge in [-0.3, -0.25) is 0 Å². The van der Waals surface area contributed by atoms with Gasteiger partial charge >= 0.3 is 0 Å². The highest BCUT2D eigenvalue weighted by Crippen LogP contribution is 2.34. The Morgan fingerprint density at radius 1 is 0.917 bits per heavy atom. The van der Waals surface area contributed by atoms with Crippen LogP contribution in [-0.2, 0) is 0 Å². The van der Waals surface area contributed by atoms with Gasteiger partial charge in [0.25, 0.3) is 0 Å². The first-order chi connectivity index (χ1) is 11.8. The summed E-state index contributed by atoms with van der Waals surface area (Å²) in [6, 6.07) is 16.8. The number of hydrogen-bond donors (Lipinski definition) is 1. The van der Waals surface area contributed by atoms with Gasteiger partial charge in [-0.2, -0.15) is 5.10 Å². The Hall–Kier alpha value is -3.34. The van der Waals surface area contributed by atoms with Gasteiger partial charge in [-0.15, -0.1) is 0 Å². The fourth-order valence-corrected chi connectivity index (χ4v) is 2.84. The normalized spacial score (nSPS) is 10.9. The molecule has 24 heavy (non-hydrogen) atoms. The molecule has 0 amide bonds. The Bertz CT molecular complexity index is 1020. The van der Waals surface area contributed by atoms with Gasteiger partial charge in [-0.1, -0.05) is 30.3 Å². The van der Waals surface area contributed by atoms with E-state index in [0.29, 0.717) is 11.2 Å². The number of methoxy groups -OCH3 is 1. The van der Waals surface area contributed by atoms with Crippen LogP contribution in [0.3, 0.4) is 0 Å². The van der Waals surface area contributed by atoms with Crippen LogP contribution in [0.25, 0.3) is 28.0 Å². The van der Waals surface area contributed by atoms with Crippen LogP contribution in [0, 0.1) is 0 Å². The SMILES string of the molecule is COc1ccccc1-c1cnn2c(-c3ccccc3O)ccnc12.